The molecule has 0 heterocycles. The molecule has 74 valence electrons. The van der Waals surface area contributed by atoms with Gasteiger partial charge in [0.2, 0.25) is 0 Å². The maximum absolute atomic E-state index is 8.90. The predicted molar refractivity (Wildman–Crippen MR) is 47.8 cm³/mol. The summed E-state index contributed by atoms with van der Waals surface area (Å²) in [4.78, 5) is 0. The summed E-state index contributed by atoms with van der Waals surface area (Å²) in [5.41, 5.74) is -4.19. The lowest BCUT2D eigenvalue weighted by atomic mass is 9.63. The maximum Gasteiger partial charge on any atom is 0.189 e. The van der Waals surface area contributed by atoms with Crippen LogP contribution in [0.3, 0.4) is 0 Å². The highest BCUT2D eigenvalue weighted by Crippen LogP contribution is 2.43. The van der Waals surface area contributed by atoms with E-state index in [1.807, 2.05) is 0 Å². The van der Waals surface area contributed by atoms with E-state index in [4.69, 9.17) is 31.6 Å². The Morgan fingerprint density at radius 2 is 0.812 bits per heavy atom. The molecule has 0 spiro atoms. The lowest BCUT2D eigenvalue weighted by Crippen LogP contribution is -2.37. The minimum atomic E-state index is -2.10. The molecule has 0 aliphatic heterocycles. The van der Waals surface area contributed by atoms with Crippen molar-refractivity contribution >= 4 is 0 Å². The van der Waals surface area contributed by atoms with Crippen molar-refractivity contribution in [1.82, 2.24) is 0 Å². The molecule has 0 aromatic rings. The van der Waals surface area contributed by atoms with Gasteiger partial charge in [-0.15, -0.1) is 0 Å². The molecule has 0 aliphatic rings. The Balaban J connectivity index is 5.93. The van der Waals surface area contributed by atoms with Gasteiger partial charge in [-0.3, -0.25) is 0 Å². The molecule has 0 fully saturated rings. The van der Waals surface area contributed by atoms with Gasteiger partial charge in [0.05, 0.1) is 49.3 Å². The SMILES string of the molecule is N#CCC(C#N)(C#N)C(C#N)(C#N)CC#N. The molecule has 0 atom stereocenters. The summed E-state index contributed by atoms with van der Waals surface area (Å²) in [5, 5.41) is 52.7. The Bertz CT molecular complexity index is 441. The number of nitrogens with zero attached hydrogens (tertiary/aromatic N) is 6. The summed E-state index contributed by atoms with van der Waals surface area (Å²) in [6.45, 7) is 0. The Hall–Kier alpha value is -3.06. The zero-order valence-electron chi connectivity index (χ0n) is 8.10. The topological polar surface area (TPSA) is 143 Å². The van der Waals surface area contributed by atoms with Gasteiger partial charge in [0.25, 0.3) is 0 Å². The summed E-state index contributed by atoms with van der Waals surface area (Å²) < 4.78 is 0. The lowest BCUT2D eigenvalue weighted by Gasteiger charge is -2.26. The summed E-state index contributed by atoms with van der Waals surface area (Å²) in [5.74, 6) is 0. The van der Waals surface area contributed by atoms with Gasteiger partial charge in [-0.2, -0.15) is 31.6 Å². The van der Waals surface area contributed by atoms with Crippen LogP contribution in [0.15, 0.2) is 0 Å². The maximum atomic E-state index is 8.90. The Labute approximate surface area is 92.4 Å². The Morgan fingerprint density at radius 1 is 0.562 bits per heavy atom. The zero-order chi connectivity index (χ0) is 12.7. The van der Waals surface area contributed by atoms with Crippen LogP contribution in [0.2, 0.25) is 0 Å². The number of nitriles is 6. The molecule has 0 aromatic heterocycles. The van der Waals surface area contributed by atoms with E-state index < -0.39 is 23.7 Å². The van der Waals surface area contributed by atoms with Crippen molar-refractivity contribution in [3.8, 4) is 36.4 Å². The first-order valence-electron chi connectivity index (χ1n) is 4.01. The molecule has 0 amide bonds. The van der Waals surface area contributed by atoms with Crippen molar-refractivity contribution in [2.75, 3.05) is 0 Å². The Kier molecular flexibility index (Phi) is 4.03. The van der Waals surface area contributed by atoms with Crippen LogP contribution in [-0.4, -0.2) is 0 Å². The molecule has 0 saturated heterocycles. The summed E-state index contributed by atoms with van der Waals surface area (Å²) >= 11 is 0. The minimum Gasteiger partial charge on any atom is -0.198 e. The van der Waals surface area contributed by atoms with Gasteiger partial charge in [0.15, 0.2) is 10.8 Å². The fraction of sp³-hybridized carbons (Fsp3) is 0.400. The summed E-state index contributed by atoms with van der Waals surface area (Å²) in [6, 6.07) is 9.23. The summed E-state index contributed by atoms with van der Waals surface area (Å²) in [6.07, 6.45) is -1.19. The average Bonchev–Trinajstić information content (AvgIpc) is 2.33. The summed E-state index contributed by atoms with van der Waals surface area (Å²) in [7, 11) is 0. The highest BCUT2D eigenvalue weighted by molar-refractivity contribution is 5.36. The van der Waals surface area contributed by atoms with Gasteiger partial charge >= 0.3 is 0 Å². The van der Waals surface area contributed by atoms with Crippen LogP contribution in [0.5, 0.6) is 0 Å². The highest BCUT2D eigenvalue weighted by Gasteiger charge is 2.54. The highest BCUT2D eigenvalue weighted by atomic mass is 14.6. The van der Waals surface area contributed by atoms with Crippen molar-refractivity contribution in [1.29, 1.82) is 31.6 Å². The monoisotopic (exact) mass is 208 g/mol. The third-order valence-electron chi connectivity index (χ3n) is 2.18. The molecule has 0 unspecified atom stereocenters. The zero-order valence-corrected chi connectivity index (χ0v) is 8.10. The molecular weight excluding hydrogens is 204 g/mol. The molecule has 0 N–H and O–H groups in total. The van der Waals surface area contributed by atoms with Gasteiger partial charge in [0, 0.05) is 0 Å². The smallest absolute Gasteiger partial charge is 0.189 e. The van der Waals surface area contributed by atoms with Crippen LogP contribution in [0, 0.1) is 78.8 Å². The molecule has 0 aliphatic carbocycles. The van der Waals surface area contributed by atoms with Crippen LogP contribution >= 0.6 is 0 Å². The standard InChI is InChI=1S/C10H4N6/c11-3-1-9(5-13,6-14)10(7-15,8-16)2-4-12/h1-2H2. The molecule has 0 radical (unpaired) electrons. The van der Waals surface area contributed by atoms with Crippen molar-refractivity contribution in [3.63, 3.8) is 0 Å². The number of hydrogen-bond donors (Lipinski definition) is 0. The van der Waals surface area contributed by atoms with Gasteiger partial charge < -0.3 is 0 Å². The first kappa shape index (κ1) is 12.9. The first-order chi connectivity index (χ1) is 7.61. The predicted octanol–water partition coefficient (Wildman–Crippen LogP) is 0.881. The van der Waals surface area contributed by atoms with Gasteiger partial charge in [-0.05, 0) is 0 Å². The van der Waals surface area contributed by atoms with Crippen molar-refractivity contribution in [3.05, 3.63) is 0 Å². The van der Waals surface area contributed by atoms with E-state index in [0.717, 1.165) is 0 Å². The molecule has 0 saturated carbocycles. The van der Waals surface area contributed by atoms with E-state index in [1.54, 1.807) is 12.1 Å². The molecule has 6 nitrogen and oxygen atoms in total. The van der Waals surface area contributed by atoms with Crippen LogP contribution in [-0.2, 0) is 0 Å². The molecule has 0 rings (SSSR count). The third kappa shape index (κ3) is 1.61. The normalized spacial score (nSPS) is 9.38. The van der Waals surface area contributed by atoms with E-state index in [0.29, 0.717) is 0 Å². The Morgan fingerprint density at radius 3 is 0.938 bits per heavy atom. The fourth-order valence-electron chi connectivity index (χ4n) is 1.13. The van der Waals surface area contributed by atoms with E-state index >= 15 is 0 Å². The molecule has 0 bridgehead atoms. The number of rotatable bonds is 3. The first-order valence-corrected chi connectivity index (χ1v) is 4.01. The van der Waals surface area contributed by atoms with Crippen molar-refractivity contribution in [2.24, 2.45) is 10.8 Å². The number of hydrogen-bond acceptors (Lipinski definition) is 6. The van der Waals surface area contributed by atoms with E-state index in [9.17, 15) is 0 Å². The van der Waals surface area contributed by atoms with Crippen molar-refractivity contribution in [2.45, 2.75) is 12.8 Å². The van der Waals surface area contributed by atoms with Gasteiger partial charge in [-0.25, -0.2) is 0 Å². The average molecular weight is 208 g/mol. The fourth-order valence-corrected chi connectivity index (χ4v) is 1.13. The molecule has 6 heteroatoms. The third-order valence-corrected chi connectivity index (χ3v) is 2.18. The second-order valence-corrected chi connectivity index (χ2v) is 2.93. The second-order valence-electron chi connectivity index (χ2n) is 2.93. The lowest BCUT2D eigenvalue weighted by molar-refractivity contribution is 0.309. The quantitative estimate of drug-likeness (QED) is 0.673. The largest absolute Gasteiger partial charge is 0.198 e. The van der Waals surface area contributed by atoms with E-state index in [1.165, 1.54) is 24.3 Å². The van der Waals surface area contributed by atoms with E-state index in [2.05, 4.69) is 0 Å². The van der Waals surface area contributed by atoms with Gasteiger partial charge in [0.1, 0.15) is 0 Å². The molecule has 0 aromatic carbocycles. The van der Waals surface area contributed by atoms with Crippen LogP contribution in [0.1, 0.15) is 12.8 Å². The second kappa shape index (κ2) is 4.98. The van der Waals surface area contributed by atoms with E-state index in [-0.39, 0.29) is 0 Å². The van der Waals surface area contributed by atoms with Crippen molar-refractivity contribution < 1.29 is 0 Å². The van der Waals surface area contributed by atoms with Gasteiger partial charge in [-0.1, -0.05) is 0 Å². The molecule has 16 heavy (non-hydrogen) atoms. The molecular formula is C10H4N6. The van der Waals surface area contributed by atoms with Crippen LogP contribution in [0.4, 0.5) is 0 Å². The van der Waals surface area contributed by atoms with Crippen LogP contribution in [0.25, 0.3) is 0 Å². The van der Waals surface area contributed by atoms with Crippen LogP contribution < -0.4 is 0 Å². The minimum absolute atomic E-state index is 0.594.